The number of aromatic nitrogens is 4. The van der Waals surface area contributed by atoms with E-state index in [9.17, 15) is 10.2 Å². The fraction of sp³-hybridized carbons (Fsp3) is 0.500. The fourth-order valence-electron chi connectivity index (χ4n) is 2.24. The third kappa shape index (κ3) is 1.70. The molecule has 4 atom stereocenters. The van der Waals surface area contributed by atoms with Gasteiger partial charge in [0.2, 0.25) is 0 Å². The van der Waals surface area contributed by atoms with Crippen molar-refractivity contribution >= 4 is 11.2 Å². The molecule has 0 amide bonds. The van der Waals surface area contributed by atoms with Crippen molar-refractivity contribution in [3.63, 3.8) is 0 Å². The Kier molecular flexibility index (Phi) is 2.94. The largest absolute Gasteiger partial charge is 0.394 e. The number of aliphatic hydroxyl groups is 3. The van der Waals surface area contributed by atoms with E-state index in [1.165, 1.54) is 17.2 Å². The lowest BCUT2D eigenvalue weighted by Gasteiger charge is -2.16. The lowest BCUT2D eigenvalue weighted by molar-refractivity contribution is -0.0511. The molecule has 1 saturated heterocycles. The van der Waals surface area contributed by atoms with Crippen LogP contribution in [0.1, 0.15) is 6.23 Å². The zero-order valence-corrected chi connectivity index (χ0v) is 10.3. The molecule has 0 aromatic carbocycles. The monoisotopic (exact) mass is 282 g/mol. The van der Waals surface area contributed by atoms with E-state index >= 15 is 0 Å². The SMILES string of the molecule is N=c1c2ncn([C@@H]3O[C@H](CO)[C@@H](O)[C@@H]3O)c2ncn1N. The van der Waals surface area contributed by atoms with E-state index in [2.05, 4.69) is 9.97 Å². The summed E-state index contributed by atoms with van der Waals surface area (Å²) in [6.45, 7) is -0.415. The van der Waals surface area contributed by atoms with Crippen LogP contribution < -0.4 is 11.3 Å². The summed E-state index contributed by atoms with van der Waals surface area (Å²) in [7, 11) is 0. The number of imidazole rings is 1. The van der Waals surface area contributed by atoms with Gasteiger partial charge in [-0.15, -0.1) is 0 Å². The summed E-state index contributed by atoms with van der Waals surface area (Å²) >= 11 is 0. The van der Waals surface area contributed by atoms with E-state index in [0.29, 0.717) is 5.65 Å². The van der Waals surface area contributed by atoms with Gasteiger partial charge in [-0.25, -0.2) is 14.6 Å². The molecule has 0 bridgehead atoms. The normalized spacial score (nSPS) is 30.1. The first-order chi connectivity index (χ1) is 9.54. The maximum atomic E-state index is 9.97. The number of aliphatic hydroxyl groups excluding tert-OH is 3. The zero-order chi connectivity index (χ0) is 14.4. The first-order valence-corrected chi connectivity index (χ1v) is 5.91. The number of hydrogen-bond donors (Lipinski definition) is 5. The van der Waals surface area contributed by atoms with Gasteiger partial charge < -0.3 is 25.9 Å². The Hall–Kier alpha value is -2.01. The molecule has 0 aliphatic carbocycles. The van der Waals surface area contributed by atoms with Gasteiger partial charge in [0.1, 0.15) is 24.6 Å². The first kappa shape index (κ1) is 13.0. The lowest BCUT2D eigenvalue weighted by Crippen LogP contribution is -2.33. The maximum absolute atomic E-state index is 9.97. The van der Waals surface area contributed by atoms with Gasteiger partial charge in [-0.05, 0) is 0 Å². The van der Waals surface area contributed by atoms with Crippen LogP contribution in [0.2, 0.25) is 0 Å². The smallest absolute Gasteiger partial charge is 0.175 e. The Bertz CT molecular complexity index is 697. The third-order valence-electron chi connectivity index (χ3n) is 3.35. The second-order valence-corrected chi connectivity index (χ2v) is 4.55. The summed E-state index contributed by atoms with van der Waals surface area (Å²) in [6, 6.07) is 0. The summed E-state index contributed by atoms with van der Waals surface area (Å²) in [6.07, 6.45) is -1.68. The van der Waals surface area contributed by atoms with Crippen LogP contribution in [0.15, 0.2) is 12.7 Å². The highest BCUT2D eigenvalue weighted by molar-refractivity contribution is 5.68. The topological polar surface area (TPSA) is 155 Å². The molecule has 0 spiro atoms. The Morgan fingerprint density at radius 1 is 1.30 bits per heavy atom. The highest BCUT2D eigenvalue weighted by Gasteiger charge is 2.43. The van der Waals surface area contributed by atoms with E-state index in [4.69, 9.17) is 21.1 Å². The van der Waals surface area contributed by atoms with Gasteiger partial charge in [0, 0.05) is 0 Å². The van der Waals surface area contributed by atoms with Gasteiger partial charge in [0.15, 0.2) is 22.9 Å². The molecule has 10 nitrogen and oxygen atoms in total. The van der Waals surface area contributed by atoms with E-state index in [1.54, 1.807) is 0 Å². The van der Waals surface area contributed by atoms with Crippen LogP contribution in [-0.4, -0.2) is 59.4 Å². The van der Waals surface area contributed by atoms with E-state index in [1.807, 2.05) is 0 Å². The van der Waals surface area contributed by atoms with Crippen molar-refractivity contribution in [2.75, 3.05) is 12.4 Å². The molecular weight excluding hydrogens is 268 g/mol. The second-order valence-electron chi connectivity index (χ2n) is 4.55. The number of ether oxygens (including phenoxy) is 1. The highest BCUT2D eigenvalue weighted by Crippen LogP contribution is 2.30. The zero-order valence-electron chi connectivity index (χ0n) is 10.3. The quantitative estimate of drug-likeness (QED) is 0.368. The Morgan fingerprint density at radius 3 is 2.70 bits per heavy atom. The number of fused-ring (bicyclic) bond motifs is 1. The van der Waals surface area contributed by atoms with Gasteiger partial charge in [-0.2, -0.15) is 0 Å². The predicted octanol–water partition coefficient (Wildman–Crippen LogP) is -2.96. The van der Waals surface area contributed by atoms with Gasteiger partial charge >= 0.3 is 0 Å². The molecule has 3 rings (SSSR count). The number of nitrogens with two attached hydrogens (primary N) is 1. The van der Waals surface area contributed by atoms with E-state index in [-0.39, 0.29) is 11.0 Å². The predicted molar refractivity (Wildman–Crippen MR) is 64.5 cm³/mol. The van der Waals surface area contributed by atoms with Crippen LogP contribution in [0, 0.1) is 5.41 Å². The molecular formula is C10H14N6O4. The summed E-state index contributed by atoms with van der Waals surface area (Å²) in [5.74, 6) is 5.51. The molecule has 20 heavy (non-hydrogen) atoms. The molecule has 1 aliphatic heterocycles. The number of nitrogen functional groups attached to an aromatic ring is 1. The summed E-state index contributed by atoms with van der Waals surface area (Å²) < 4.78 is 7.80. The minimum absolute atomic E-state index is 0.0412. The van der Waals surface area contributed by atoms with Crippen molar-refractivity contribution in [2.24, 2.45) is 0 Å². The maximum Gasteiger partial charge on any atom is 0.175 e. The van der Waals surface area contributed by atoms with Crippen LogP contribution in [-0.2, 0) is 4.74 Å². The molecule has 6 N–H and O–H groups in total. The minimum Gasteiger partial charge on any atom is -0.394 e. The van der Waals surface area contributed by atoms with Crippen LogP contribution in [0.5, 0.6) is 0 Å². The Balaban J connectivity index is 2.08. The van der Waals surface area contributed by atoms with Crippen molar-refractivity contribution < 1.29 is 20.1 Å². The van der Waals surface area contributed by atoms with Gasteiger partial charge in [-0.3, -0.25) is 9.98 Å². The highest BCUT2D eigenvalue weighted by atomic mass is 16.6. The number of rotatable bonds is 2. The van der Waals surface area contributed by atoms with Crippen molar-refractivity contribution in [1.82, 2.24) is 19.2 Å². The van der Waals surface area contributed by atoms with Gasteiger partial charge in [0.25, 0.3) is 0 Å². The molecule has 3 heterocycles. The van der Waals surface area contributed by atoms with Crippen molar-refractivity contribution in [3.05, 3.63) is 18.1 Å². The molecule has 10 heteroatoms. The average Bonchev–Trinajstić information content (AvgIpc) is 2.98. The number of nitrogens with zero attached hydrogens (tertiary/aromatic N) is 4. The summed E-state index contributed by atoms with van der Waals surface area (Å²) in [5.41, 5.74) is 0.500. The van der Waals surface area contributed by atoms with Gasteiger partial charge in [-0.1, -0.05) is 0 Å². The third-order valence-corrected chi connectivity index (χ3v) is 3.35. The van der Waals surface area contributed by atoms with Gasteiger partial charge in [0.05, 0.1) is 12.9 Å². The van der Waals surface area contributed by atoms with Crippen molar-refractivity contribution in [1.29, 1.82) is 5.41 Å². The van der Waals surface area contributed by atoms with E-state index < -0.39 is 31.1 Å². The summed E-state index contributed by atoms with van der Waals surface area (Å²) in [5, 5.41) is 36.6. The van der Waals surface area contributed by atoms with Crippen LogP contribution >= 0.6 is 0 Å². The Morgan fingerprint density at radius 2 is 2.05 bits per heavy atom. The molecule has 0 saturated carbocycles. The van der Waals surface area contributed by atoms with Crippen molar-refractivity contribution in [3.8, 4) is 0 Å². The molecule has 0 radical (unpaired) electrons. The number of hydrogen-bond acceptors (Lipinski definition) is 8. The lowest BCUT2D eigenvalue weighted by atomic mass is 10.1. The molecule has 1 aliphatic rings. The minimum atomic E-state index is -1.23. The Labute approximate surface area is 112 Å². The average molecular weight is 282 g/mol. The fourth-order valence-corrected chi connectivity index (χ4v) is 2.24. The molecule has 0 unspecified atom stereocenters. The van der Waals surface area contributed by atoms with E-state index in [0.717, 1.165) is 4.68 Å². The van der Waals surface area contributed by atoms with Crippen molar-refractivity contribution in [2.45, 2.75) is 24.5 Å². The number of nitrogens with one attached hydrogen (secondary N) is 1. The molecule has 108 valence electrons. The van der Waals surface area contributed by atoms with Crippen LogP contribution in [0.3, 0.4) is 0 Å². The standard InChI is InChI=1S/C10H14N6O4/c11-8-5-9(14-3-16(8)12)15(2-13-5)10-7(19)6(18)4(1-17)20-10/h2-4,6-7,10-11,17-19H,1,12H2/t4-,6-,7+,10-/m1/s1. The van der Waals surface area contributed by atoms with Crippen LogP contribution in [0.4, 0.5) is 0 Å². The second kappa shape index (κ2) is 4.52. The first-order valence-electron chi connectivity index (χ1n) is 5.91. The molecule has 2 aromatic heterocycles. The molecule has 2 aromatic rings. The summed E-state index contributed by atoms with van der Waals surface area (Å²) in [4.78, 5) is 8.05. The molecule has 1 fully saturated rings. The van der Waals surface area contributed by atoms with Crippen LogP contribution in [0.25, 0.3) is 11.2 Å².